The highest BCUT2D eigenvalue weighted by Crippen LogP contribution is 2.29. The number of benzene rings is 1. The largest absolute Gasteiger partial charge is 0.506 e. The number of morpholine rings is 1. The summed E-state index contributed by atoms with van der Waals surface area (Å²) in [6.07, 6.45) is 1.39. The summed E-state index contributed by atoms with van der Waals surface area (Å²) in [4.78, 5) is 18.6. The van der Waals surface area contributed by atoms with Crippen LogP contribution >= 0.6 is 34.5 Å². The van der Waals surface area contributed by atoms with Crippen LogP contribution in [0.5, 0.6) is 5.75 Å². The highest BCUT2D eigenvalue weighted by Gasteiger charge is 2.15. The van der Waals surface area contributed by atoms with E-state index in [-0.39, 0.29) is 23.1 Å². The molecule has 1 saturated heterocycles. The Morgan fingerprint density at radius 3 is 2.96 bits per heavy atom. The van der Waals surface area contributed by atoms with Crippen molar-refractivity contribution in [2.75, 3.05) is 31.2 Å². The zero-order valence-electron chi connectivity index (χ0n) is 13.6. The van der Waals surface area contributed by atoms with E-state index in [1.54, 1.807) is 0 Å². The minimum absolute atomic E-state index is 0.112. The van der Waals surface area contributed by atoms with Crippen molar-refractivity contribution >= 4 is 51.8 Å². The summed E-state index contributed by atoms with van der Waals surface area (Å²) < 4.78 is 5.32. The van der Waals surface area contributed by atoms with Gasteiger partial charge in [-0.1, -0.05) is 23.2 Å². The van der Waals surface area contributed by atoms with Gasteiger partial charge in [-0.2, -0.15) is 5.10 Å². The molecule has 1 aliphatic rings. The van der Waals surface area contributed by atoms with Crippen molar-refractivity contribution < 1.29 is 14.6 Å². The topological polar surface area (TPSA) is 87.1 Å². The average molecular weight is 415 g/mol. The molecular formula is C16H16Cl2N4O3S. The Balaban J connectivity index is 1.55. The first-order valence-electron chi connectivity index (χ1n) is 7.80. The maximum atomic E-state index is 12.0. The first kappa shape index (κ1) is 18.9. The molecule has 1 aromatic carbocycles. The quantitative estimate of drug-likeness (QED) is 0.579. The molecule has 0 unspecified atom stereocenters. The number of ether oxygens (including phenoxy) is 1. The number of nitrogens with one attached hydrogen (secondary N) is 1. The molecule has 2 heterocycles. The van der Waals surface area contributed by atoms with Gasteiger partial charge >= 0.3 is 0 Å². The molecule has 26 heavy (non-hydrogen) atoms. The van der Waals surface area contributed by atoms with E-state index in [4.69, 9.17) is 27.9 Å². The minimum atomic E-state index is -0.312. The number of rotatable bonds is 5. The molecule has 7 nitrogen and oxygen atoms in total. The van der Waals surface area contributed by atoms with Crippen molar-refractivity contribution in [2.24, 2.45) is 5.10 Å². The van der Waals surface area contributed by atoms with Crippen molar-refractivity contribution in [2.45, 2.75) is 6.42 Å². The summed E-state index contributed by atoms with van der Waals surface area (Å²) in [5, 5.41) is 16.9. The molecule has 0 radical (unpaired) electrons. The average Bonchev–Trinajstić information content (AvgIpc) is 3.08. The first-order chi connectivity index (χ1) is 12.5. The van der Waals surface area contributed by atoms with Crippen LogP contribution in [0.4, 0.5) is 5.13 Å². The van der Waals surface area contributed by atoms with Crippen LogP contribution in [0.3, 0.4) is 0 Å². The molecule has 1 aliphatic heterocycles. The fourth-order valence-electron chi connectivity index (χ4n) is 2.34. The predicted molar refractivity (Wildman–Crippen MR) is 103 cm³/mol. The van der Waals surface area contributed by atoms with E-state index in [2.05, 4.69) is 20.4 Å². The summed E-state index contributed by atoms with van der Waals surface area (Å²) in [5.74, 6) is -0.462. The summed E-state index contributed by atoms with van der Waals surface area (Å²) in [6.45, 7) is 2.97. The minimum Gasteiger partial charge on any atom is -0.506 e. The van der Waals surface area contributed by atoms with Gasteiger partial charge in [-0.25, -0.2) is 10.4 Å². The van der Waals surface area contributed by atoms with E-state index in [0.717, 1.165) is 18.2 Å². The van der Waals surface area contributed by atoms with Gasteiger partial charge in [-0.15, -0.1) is 11.3 Å². The Morgan fingerprint density at radius 2 is 2.19 bits per heavy atom. The second kappa shape index (κ2) is 8.68. The number of hydrazone groups is 1. The van der Waals surface area contributed by atoms with Crippen LogP contribution in [0.1, 0.15) is 11.3 Å². The lowest BCUT2D eigenvalue weighted by Crippen LogP contribution is -2.36. The van der Waals surface area contributed by atoms with Crippen LogP contribution in [-0.4, -0.2) is 48.5 Å². The van der Waals surface area contributed by atoms with Crippen LogP contribution < -0.4 is 10.3 Å². The van der Waals surface area contributed by atoms with E-state index in [1.165, 1.54) is 29.7 Å². The van der Waals surface area contributed by atoms with Crippen molar-refractivity contribution in [3.8, 4) is 5.75 Å². The highest BCUT2D eigenvalue weighted by atomic mass is 35.5. The number of phenolic OH excluding ortho intramolecular Hbond substituents is 1. The molecule has 1 amide bonds. The number of amides is 1. The Morgan fingerprint density at radius 1 is 1.42 bits per heavy atom. The number of halogens is 2. The summed E-state index contributed by atoms with van der Waals surface area (Å²) in [6, 6.07) is 2.91. The van der Waals surface area contributed by atoms with E-state index in [9.17, 15) is 9.90 Å². The second-order valence-electron chi connectivity index (χ2n) is 5.52. The number of aromatic nitrogens is 1. The molecule has 2 aromatic rings. The Labute approximate surface area is 164 Å². The van der Waals surface area contributed by atoms with Gasteiger partial charge < -0.3 is 14.7 Å². The normalized spacial score (nSPS) is 14.8. The molecule has 1 aromatic heterocycles. The van der Waals surface area contributed by atoms with Crippen LogP contribution in [0.15, 0.2) is 22.6 Å². The van der Waals surface area contributed by atoms with Crippen molar-refractivity contribution in [3.63, 3.8) is 0 Å². The van der Waals surface area contributed by atoms with E-state index in [0.29, 0.717) is 29.5 Å². The van der Waals surface area contributed by atoms with Gasteiger partial charge in [0.2, 0.25) is 5.91 Å². The predicted octanol–water partition coefficient (Wildman–Crippen LogP) is 2.68. The van der Waals surface area contributed by atoms with Gasteiger partial charge in [0.05, 0.1) is 36.6 Å². The number of carbonyl (C=O) groups excluding carboxylic acids is 1. The fraction of sp³-hybridized carbons (Fsp3) is 0.312. The number of aromatic hydroxyl groups is 1. The number of carbonyl (C=O) groups is 1. The number of hydrogen-bond acceptors (Lipinski definition) is 7. The molecule has 138 valence electrons. The number of hydrogen-bond donors (Lipinski definition) is 2. The van der Waals surface area contributed by atoms with E-state index in [1.807, 2.05) is 5.38 Å². The summed E-state index contributed by atoms with van der Waals surface area (Å²) >= 11 is 13.2. The summed E-state index contributed by atoms with van der Waals surface area (Å²) in [7, 11) is 0. The third-order valence-electron chi connectivity index (χ3n) is 3.61. The Kier molecular flexibility index (Phi) is 6.31. The van der Waals surface area contributed by atoms with Gasteiger partial charge in [0.1, 0.15) is 5.75 Å². The molecule has 1 fully saturated rings. The summed E-state index contributed by atoms with van der Waals surface area (Å²) in [5.41, 5.74) is 3.39. The lowest BCUT2D eigenvalue weighted by molar-refractivity contribution is -0.120. The maximum Gasteiger partial charge on any atom is 0.246 e. The number of nitrogens with zero attached hydrogens (tertiary/aromatic N) is 3. The zero-order chi connectivity index (χ0) is 18.5. The standard InChI is InChI=1S/C16H16Cl2N4O3S/c17-11-5-10(15(24)13(18)6-11)8-19-21-14(23)7-12-9-26-16(20-12)22-1-3-25-4-2-22/h5-6,8-9,24H,1-4,7H2,(H,21,23)/b19-8+. The number of anilines is 1. The Bertz CT molecular complexity index is 822. The third kappa shape index (κ3) is 4.85. The molecule has 0 spiro atoms. The molecule has 0 saturated carbocycles. The fourth-order valence-corrected chi connectivity index (χ4v) is 3.73. The second-order valence-corrected chi connectivity index (χ2v) is 7.20. The highest BCUT2D eigenvalue weighted by molar-refractivity contribution is 7.13. The number of thiazole rings is 1. The molecule has 0 bridgehead atoms. The number of phenols is 1. The van der Waals surface area contributed by atoms with Crippen molar-refractivity contribution in [1.82, 2.24) is 10.4 Å². The van der Waals surface area contributed by atoms with Gasteiger partial charge in [0, 0.05) is 29.1 Å². The lowest BCUT2D eigenvalue weighted by Gasteiger charge is -2.26. The van der Waals surface area contributed by atoms with Crippen molar-refractivity contribution in [1.29, 1.82) is 0 Å². The van der Waals surface area contributed by atoms with E-state index < -0.39 is 0 Å². The first-order valence-corrected chi connectivity index (χ1v) is 9.43. The smallest absolute Gasteiger partial charge is 0.246 e. The van der Waals surface area contributed by atoms with E-state index >= 15 is 0 Å². The zero-order valence-corrected chi connectivity index (χ0v) is 15.9. The van der Waals surface area contributed by atoms with Gasteiger partial charge in [-0.05, 0) is 12.1 Å². The van der Waals surface area contributed by atoms with Gasteiger partial charge in [-0.3, -0.25) is 4.79 Å². The molecule has 0 aliphatic carbocycles. The molecule has 3 rings (SSSR count). The molecule has 0 atom stereocenters. The Hall–Kier alpha value is -1.87. The SMILES string of the molecule is O=C(Cc1csc(N2CCOCC2)n1)N/N=C/c1cc(Cl)cc(Cl)c1O. The van der Waals surface area contributed by atoms with Crippen molar-refractivity contribution in [3.05, 3.63) is 38.8 Å². The van der Waals surface area contributed by atoms with Gasteiger partial charge in [0.25, 0.3) is 0 Å². The molecule has 2 N–H and O–H groups in total. The maximum absolute atomic E-state index is 12.0. The third-order valence-corrected chi connectivity index (χ3v) is 5.07. The lowest BCUT2D eigenvalue weighted by atomic mass is 10.2. The van der Waals surface area contributed by atoms with Crippen LogP contribution in [0.25, 0.3) is 0 Å². The molecule has 10 heteroatoms. The van der Waals surface area contributed by atoms with Gasteiger partial charge in [0.15, 0.2) is 5.13 Å². The van der Waals surface area contributed by atoms with Crippen LogP contribution in [0, 0.1) is 0 Å². The van der Waals surface area contributed by atoms with Crippen LogP contribution in [-0.2, 0) is 16.0 Å². The van der Waals surface area contributed by atoms with Crippen LogP contribution in [0.2, 0.25) is 10.0 Å². The molecular weight excluding hydrogens is 399 g/mol. The monoisotopic (exact) mass is 414 g/mol.